The summed E-state index contributed by atoms with van der Waals surface area (Å²) in [5.41, 5.74) is 0. The molecule has 0 saturated heterocycles. The number of unbranched alkanes of at least 4 members (excludes halogenated alkanes) is 3. The number of nitrogens with one attached hydrogen (secondary N) is 1. The minimum Gasteiger partial charge on any atom is -0.355 e. The van der Waals surface area contributed by atoms with E-state index < -0.39 is 0 Å². The van der Waals surface area contributed by atoms with E-state index in [1.807, 2.05) is 37.8 Å². The van der Waals surface area contributed by atoms with Crippen LogP contribution >= 0.6 is 11.8 Å². The monoisotopic (exact) mass is 373 g/mol. The Kier molecular flexibility index (Phi) is 15.3. The van der Waals surface area contributed by atoms with E-state index in [0.717, 1.165) is 25.9 Å². The summed E-state index contributed by atoms with van der Waals surface area (Å²) in [6.07, 6.45) is 6.00. The fraction of sp³-hybridized carbons (Fsp3) is 0.895. The van der Waals surface area contributed by atoms with E-state index in [9.17, 15) is 9.59 Å². The smallest absolute Gasteiger partial charge is 0.237 e. The summed E-state index contributed by atoms with van der Waals surface area (Å²) in [5, 5.41) is 2.99. The van der Waals surface area contributed by atoms with Gasteiger partial charge in [-0.2, -0.15) is 11.8 Å². The molecule has 0 aromatic carbocycles. The Morgan fingerprint density at radius 3 is 2.28 bits per heavy atom. The van der Waals surface area contributed by atoms with Crippen LogP contribution in [0.15, 0.2) is 0 Å². The van der Waals surface area contributed by atoms with Crippen molar-refractivity contribution in [3.63, 3.8) is 0 Å². The topological polar surface area (TPSA) is 52.7 Å². The third-order valence-corrected chi connectivity index (χ3v) is 5.14. The molecule has 0 aliphatic rings. The normalized spacial score (nSPS) is 12.6. The minimum absolute atomic E-state index is 0.0178. The van der Waals surface area contributed by atoms with E-state index in [-0.39, 0.29) is 17.7 Å². The number of nitrogens with zero attached hydrogens (tertiary/aromatic N) is 2. The Labute approximate surface area is 159 Å². The Bertz CT molecular complexity index is 365. The molecule has 0 aromatic heterocycles. The van der Waals surface area contributed by atoms with Crippen molar-refractivity contribution in [3.05, 3.63) is 0 Å². The summed E-state index contributed by atoms with van der Waals surface area (Å²) in [6.45, 7) is 6.23. The zero-order valence-corrected chi connectivity index (χ0v) is 17.8. The highest BCUT2D eigenvalue weighted by atomic mass is 32.2. The fourth-order valence-corrected chi connectivity index (χ4v) is 3.36. The number of ketones is 1. The van der Waals surface area contributed by atoms with Crippen molar-refractivity contribution >= 4 is 23.5 Å². The van der Waals surface area contributed by atoms with Crippen LogP contribution in [0, 0.1) is 0 Å². The second-order valence-electron chi connectivity index (χ2n) is 6.96. The molecule has 0 fully saturated rings. The number of Topliss-reactive ketones (excluding diaryl/α,β-unsaturated/α-hetero) is 1. The maximum atomic E-state index is 12.5. The van der Waals surface area contributed by atoms with E-state index >= 15 is 0 Å². The molecule has 148 valence electrons. The van der Waals surface area contributed by atoms with Crippen LogP contribution in [0.1, 0.15) is 52.4 Å². The fourth-order valence-electron chi connectivity index (χ4n) is 2.66. The molecule has 1 unspecified atom stereocenters. The number of thioether (sulfide) groups is 1. The molecule has 1 atom stereocenters. The highest BCUT2D eigenvalue weighted by molar-refractivity contribution is 7.99. The zero-order valence-electron chi connectivity index (χ0n) is 17.0. The summed E-state index contributed by atoms with van der Waals surface area (Å²) in [6, 6.07) is -0.340. The Morgan fingerprint density at radius 2 is 1.68 bits per heavy atom. The van der Waals surface area contributed by atoms with Crippen LogP contribution in [-0.4, -0.2) is 79.8 Å². The molecule has 0 aliphatic carbocycles. The first-order chi connectivity index (χ1) is 11.9. The van der Waals surface area contributed by atoms with Gasteiger partial charge in [0, 0.05) is 13.0 Å². The lowest BCUT2D eigenvalue weighted by molar-refractivity contribution is -0.129. The largest absolute Gasteiger partial charge is 0.355 e. The van der Waals surface area contributed by atoms with Gasteiger partial charge in [-0.1, -0.05) is 19.8 Å². The quantitative estimate of drug-likeness (QED) is 0.422. The summed E-state index contributed by atoms with van der Waals surface area (Å²) in [7, 11) is 6.00. The minimum atomic E-state index is -0.340. The SMILES string of the molecule is CCSCCCCCCN(C)C(CC(C)=O)C(=O)NCCCN(C)C. The molecule has 0 spiro atoms. The predicted molar refractivity (Wildman–Crippen MR) is 109 cm³/mol. The maximum Gasteiger partial charge on any atom is 0.237 e. The van der Waals surface area contributed by atoms with Gasteiger partial charge in [-0.25, -0.2) is 0 Å². The van der Waals surface area contributed by atoms with Crippen molar-refractivity contribution in [2.45, 2.75) is 58.4 Å². The van der Waals surface area contributed by atoms with Crippen molar-refractivity contribution in [2.24, 2.45) is 0 Å². The van der Waals surface area contributed by atoms with Crippen LogP contribution < -0.4 is 5.32 Å². The molecular formula is C19H39N3O2S. The van der Waals surface area contributed by atoms with Gasteiger partial charge in [-0.3, -0.25) is 14.5 Å². The van der Waals surface area contributed by atoms with E-state index in [0.29, 0.717) is 13.0 Å². The Hall–Kier alpha value is -0.590. The first-order valence-corrected chi connectivity index (χ1v) is 10.7. The molecule has 0 aliphatic heterocycles. The molecule has 1 N–H and O–H groups in total. The molecule has 0 radical (unpaired) electrons. The van der Waals surface area contributed by atoms with Crippen molar-refractivity contribution in [1.82, 2.24) is 15.1 Å². The number of amides is 1. The second-order valence-corrected chi connectivity index (χ2v) is 8.36. The highest BCUT2D eigenvalue weighted by Gasteiger charge is 2.24. The van der Waals surface area contributed by atoms with Crippen molar-refractivity contribution in [3.8, 4) is 0 Å². The Balaban J connectivity index is 4.16. The molecule has 5 nitrogen and oxygen atoms in total. The van der Waals surface area contributed by atoms with E-state index in [1.165, 1.54) is 30.8 Å². The highest BCUT2D eigenvalue weighted by Crippen LogP contribution is 2.10. The number of hydrogen-bond donors (Lipinski definition) is 1. The van der Waals surface area contributed by atoms with E-state index in [1.54, 1.807) is 6.92 Å². The predicted octanol–water partition coefficient (Wildman–Crippen LogP) is 2.65. The average Bonchev–Trinajstić information content (AvgIpc) is 2.55. The molecule has 0 bridgehead atoms. The summed E-state index contributed by atoms with van der Waals surface area (Å²) in [4.78, 5) is 28.1. The van der Waals surface area contributed by atoms with E-state index in [4.69, 9.17) is 0 Å². The average molecular weight is 374 g/mol. The van der Waals surface area contributed by atoms with E-state index in [2.05, 4.69) is 17.1 Å². The van der Waals surface area contributed by atoms with Crippen molar-refractivity contribution < 1.29 is 9.59 Å². The lowest BCUT2D eigenvalue weighted by Gasteiger charge is -2.26. The molecule has 6 heteroatoms. The molecule has 0 rings (SSSR count). The van der Waals surface area contributed by atoms with Crippen molar-refractivity contribution in [1.29, 1.82) is 0 Å². The summed E-state index contributed by atoms with van der Waals surface area (Å²) >= 11 is 2.00. The van der Waals surface area contributed by atoms with Crippen LogP contribution in [0.5, 0.6) is 0 Å². The van der Waals surface area contributed by atoms with Crippen LogP contribution in [0.25, 0.3) is 0 Å². The van der Waals surface area contributed by atoms with Gasteiger partial charge < -0.3 is 10.2 Å². The zero-order chi connectivity index (χ0) is 19.1. The van der Waals surface area contributed by atoms with Gasteiger partial charge in [0.25, 0.3) is 0 Å². The number of rotatable bonds is 16. The third-order valence-electron chi connectivity index (χ3n) is 4.15. The van der Waals surface area contributed by atoms with Crippen LogP contribution in [0.2, 0.25) is 0 Å². The molecule has 25 heavy (non-hydrogen) atoms. The number of likely N-dealkylation sites (N-methyl/N-ethyl adjacent to an activating group) is 1. The van der Waals surface area contributed by atoms with Crippen molar-refractivity contribution in [2.75, 3.05) is 52.3 Å². The number of carbonyl (C=O) groups excluding carboxylic acids is 2. The molecule has 0 aromatic rings. The maximum absolute atomic E-state index is 12.5. The first kappa shape index (κ1) is 24.4. The summed E-state index contributed by atoms with van der Waals surface area (Å²) in [5.74, 6) is 2.49. The standard InChI is InChI=1S/C19H39N3O2S/c1-6-25-15-10-8-7-9-14-22(5)18(16-17(2)23)19(24)20-12-11-13-21(3)4/h18H,6-16H2,1-5H3,(H,20,24). The molecule has 0 saturated carbocycles. The molecule has 1 amide bonds. The number of carbonyl (C=O) groups is 2. The summed E-state index contributed by atoms with van der Waals surface area (Å²) < 4.78 is 0. The van der Waals surface area contributed by atoms with Gasteiger partial charge in [0.15, 0.2) is 0 Å². The van der Waals surface area contributed by atoms with Gasteiger partial charge in [-0.05, 0) is 71.9 Å². The van der Waals surface area contributed by atoms with Gasteiger partial charge in [0.1, 0.15) is 5.78 Å². The van der Waals surface area contributed by atoms with Gasteiger partial charge in [0.05, 0.1) is 6.04 Å². The Morgan fingerprint density at radius 1 is 1.00 bits per heavy atom. The van der Waals surface area contributed by atoms with Crippen LogP contribution in [0.4, 0.5) is 0 Å². The van der Waals surface area contributed by atoms with Gasteiger partial charge in [-0.15, -0.1) is 0 Å². The first-order valence-electron chi connectivity index (χ1n) is 9.58. The van der Waals surface area contributed by atoms with Crippen LogP contribution in [-0.2, 0) is 9.59 Å². The lowest BCUT2D eigenvalue weighted by atomic mass is 10.1. The van der Waals surface area contributed by atoms with Gasteiger partial charge in [0.2, 0.25) is 5.91 Å². The van der Waals surface area contributed by atoms with Gasteiger partial charge >= 0.3 is 0 Å². The lowest BCUT2D eigenvalue weighted by Crippen LogP contribution is -2.47. The van der Waals surface area contributed by atoms with Crippen LogP contribution in [0.3, 0.4) is 0 Å². The molecular weight excluding hydrogens is 334 g/mol. The second kappa shape index (κ2) is 15.6. The number of hydrogen-bond acceptors (Lipinski definition) is 5. The molecule has 0 heterocycles. The third kappa shape index (κ3) is 14.3.